The molecule has 1 N–H and O–H groups in total. The summed E-state index contributed by atoms with van der Waals surface area (Å²) in [4.78, 5) is 41.5. The minimum atomic E-state index is -0.591. The van der Waals surface area contributed by atoms with Crippen LogP contribution in [-0.4, -0.2) is 36.0 Å². The molecular weight excluding hydrogens is 432 g/mol. The summed E-state index contributed by atoms with van der Waals surface area (Å²) in [6, 6.07) is 3.61. The third-order valence-electron chi connectivity index (χ3n) is 3.73. The first-order chi connectivity index (χ1) is 13.9. The summed E-state index contributed by atoms with van der Waals surface area (Å²) < 4.78 is 10.1. The van der Waals surface area contributed by atoms with Gasteiger partial charge in [-0.25, -0.2) is 14.6 Å². The van der Waals surface area contributed by atoms with Crippen LogP contribution in [0.2, 0.25) is 0 Å². The number of carbonyl (C=O) groups is 3. The number of amides is 1. The van der Waals surface area contributed by atoms with Gasteiger partial charge in [-0.05, 0) is 43.8 Å². The standard InChI is InChI=1S/C19H18N2O5S3/c1-4-25-18(23)15-10(2)7-14(28-15)21-13(22)8-26-19(24)16-11(3)20-17(29-16)12-5-6-27-9-12/h5-7,9H,4,8H2,1-3H3,(H,21,22). The van der Waals surface area contributed by atoms with Crippen LogP contribution in [0.15, 0.2) is 22.9 Å². The first-order valence-corrected chi connectivity index (χ1v) is 11.2. The molecule has 0 aliphatic rings. The number of nitrogens with zero attached hydrogens (tertiary/aromatic N) is 1. The summed E-state index contributed by atoms with van der Waals surface area (Å²) in [5, 5.41) is 7.75. The van der Waals surface area contributed by atoms with Gasteiger partial charge in [0.2, 0.25) is 0 Å². The summed E-state index contributed by atoms with van der Waals surface area (Å²) in [5.41, 5.74) is 2.22. The largest absolute Gasteiger partial charge is 0.462 e. The van der Waals surface area contributed by atoms with Gasteiger partial charge in [0.05, 0.1) is 17.3 Å². The monoisotopic (exact) mass is 450 g/mol. The van der Waals surface area contributed by atoms with Crippen molar-refractivity contribution in [1.29, 1.82) is 0 Å². The number of hydrogen-bond donors (Lipinski definition) is 1. The van der Waals surface area contributed by atoms with E-state index in [9.17, 15) is 14.4 Å². The van der Waals surface area contributed by atoms with E-state index in [0.29, 0.717) is 26.0 Å². The Balaban J connectivity index is 1.58. The molecule has 3 heterocycles. The van der Waals surface area contributed by atoms with Gasteiger partial charge in [-0.3, -0.25) is 4.79 Å². The van der Waals surface area contributed by atoms with Crippen molar-refractivity contribution in [2.45, 2.75) is 20.8 Å². The molecule has 7 nitrogen and oxygen atoms in total. The Morgan fingerprint density at radius 1 is 1.10 bits per heavy atom. The first kappa shape index (κ1) is 21.2. The fraction of sp³-hybridized carbons (Fsp3) is 0.263. The number of esters is 2. The van der Waals surface area contributed by atoms with E-state index in [2.05, 4.69) is 10.3 Å². The number of aromatic nitrogens is 1. The van der Waals surface area contributed by atoms with Crippen LogP contribution < -0.4 is 5.32 Å². The quantitative estimate of drug-likeness (QED) is 0.532. The molecule has 0 aromatic carbocycles. The van der Waals surface area contributed by atoms with E-state index in [1.165, 1.54) is 11.3 Å². The molecule has 3 rings (SSSR count). The van der Waals surface area contributed by atoms with Gasteiger partial charge in [0.25, 0.3) is 5.91 Å². The average Bonchev–Trinajstić information content (AvgIpc) is 3.40. The number of anilines is 1. The lowest BCUT2D eigenvalue weighted by atomic mass is 10.3. The van der Waals surface area contributed by atoms with Crippen molar-refractivity contribution >= 4 is 56.9 Å². The SMILES string of the molecule is CCOC(=O)c1sc(NC(=O)COC(=O)c2sc(-c3ccsc3)nc2C)cc1C. The Kier molecular flexibility index (Phi) is 6.78. The van der Waals surface area contributed by atoms with Crippen molar-refractivity contribution in [3.8, 4) is 10.6 Å². The highest BCUT2D eigenvalue weighted by Crippen LogP contribution is 2.30. The second-order valence-corrected chi connectivity index (χ2v) is 8.74. The van der Waals surface area contributed by atoms with Crippen LogP contribution in [0, 0.1) is 13.8 Å². The number of nitrogens with one attached hydrogen (secondary N) is 1. The number of carbonyl (C=O) groups excluding carboxylic acids is 3. The second-order valence-electron chi connectivity index (χ2n) is 5.91. The lowest BCUT2D eigenvalue weighted by Crippen LogP contribution is -2.20. The Morgan fingerprint density at radius 3 is 2.55 bits per heavy atom. The van der Waals surface area contributed by atoms with Gasteiger partial charge in [-0.2, -0.15) is 11.3 Å². The number of ether oxygens (including phenoxy) is 2. The first-order valence-electron chi connectivity index (χ1n) is 8.63. The average molecular weight is 451 g/mol. The van der Waals surface area contributed by atoms with E-state index in [1.807, 2.05) is 16.8 Å². The number of aryl methyl sites for hydroxylation is 2. The molecule has 0 atom stereocenters. The normalized spacial score (nSPS) is 10.6. The molecule has 29 heavy (non-hydrogen) atoms. The summed E-state index contributed by atoms with van der Waals surface area (Å²) in [6.07, 6.45) is 0. The van der Waals surface area contributed by atoms with Crippen LogP contribution in [0.25, 0.3) is 10.6 Å². The van der Waals surface area contributed by atoms with Gasteiger partial charge < -0.3 is 14.8 Å². The van der Waals surface area contributed by atoms with Crippen LogP contribution in [-0.2, 0) is 14.3 Å². The molecule has 0 fully saturated rings. The Bertz CT molecular complexity index is 1040. The van der Waals surface area contributed by atoms with Gasteiger partial charge in [0.15, 0.2) is 6.61 Å². The molecule has 152 valence electrons. The third kappa shape index (κ3) is 5.08. The van der Waals surface area contributed by atoms with E-state index in [-0.39, 0.29) is 6.61 Å². The van der Waals surface area contributed by atoms with E-state index >= 15 is 0 Å². The minimum absolute atomic E-state index is 0.277. The predicted octanol–water partition coefficient (Wildman–Crippen LogP) is 4.52. The lowest BCUT2D eigenvalue weighted by Gasteiger charge is -2.04. The highest BCUT2D eigenvalue weighted by molar-refractivity contribution is 7.18. The zero-order valence-electron chi connectivity index (χ0n) is 15.9. The molecule has 10 heteroatoms. The van der Waals surface area contributed by atoms with Crippen molar-refractivity contribution < 1.29 is 23.9 Å². The van der Waals surface area contributed by atoms with Crippen molar-refractivity contribution in [1.82, 2.24) is 4.98 Å². The second kappa shape index (κ2) is 9.29. The Hall–Kier alpha value is -2.56. The number of thiazole rings is 1. The molecule has 3 aromatic rings. The number of rotatable bonds is 7. The third-order valence-corrected chi connectivity index (χ3v) is 6.73. The zero-order valence-corrected chi connectivity index (χ0v) is 18.4. The van der Waals surface area contributed by atoms with Crippen molar-refractivity contribution in [2.75, 3.05) is 18.5 Å². The summed E-state index contributed by atoms with van der Waals surface area (Å²) in [6.45, 7) is 5.06. The zero-order chi connectivity index (χ0) is 21.0. The molecule has 0 aliphatic heterocycles. The fourth-order valence-electron chi connectivity index (χ4n) is 2.41. The molecular formula is C19H18N2O5S3. The summed E-state index contributed by atoms with van der Waals surface area (Å²) in [5.74, 6) is -1.51. The van der Waals surface area contributed by atoms with Crippen LogP contribution in [0.4, 0.5) is 5.00 Å². The van der Waals surface area contributed by atoms with Crippen molar-refractivity contribution in [2.24, 2.45) is 0 Å². The van der Waals surface area contributed by atoms with Crippen molar-refractivity contribution in [3.05, 3.63) is 43.9 Å². The van der Waals surface area contributed by atoms with E-state index < -0.39 is 24.5 Å². The molecule has 0 spiro atoms. The summed E-state index contributed by atoms with van der Waals surface area (Å²) >= 11 is 3.90. The topological polar surface area (TPSA) is 94.6 Å². The predicted molar refractivity (Wildman–Crippen MR) is 114 cm³/mol. The molecule has 0 radical (unpaired) electrons. The van der Waals surface area contributed by atoms with Gasteiger partial charge in [-0.1, -0.05) is 0 Å². The molecule has 1 amide bonds. The fourth-order valence-corrected chi connectivity index (χ4v) is 5.06. The summed E-state index contributed by atoms with van der Waals surface area (Å²) in [7, 11) is 0. The van der Waals surface area contributed by atoms with Crippen LogP contribution in [0.5, 0.6) is 0 Å². The minimum Gasteiger partial charge on any atom is -0.462 e. The smallest absolute Gasteiger partial charge is 0.350 e. The molecule has 0 unspecified atom stereocenters. The van der Waals surface area contributed by atoms with E-state index in [4.69, 9.17) is 9.47 Å². The van der Waals surface area contributed by atoms with Gasteiger partial charge in [0, 0.05) is 10.9 Å². The lowest BCUT2D eigenvalue weighted by molar-refractivity contribution is -0.119. The molecule has 0 bridgehead atoms. The number of hydrogen-bond acceptors (Lipinski definition) is 9. The van der Waals surface area contributed by atoms with E-state index in [1.54, 1.807) is 38.2 Å². The van der Waals surface area contributed by atoms with Crippen LogP contribution in [0.1, 0.15) is 37.5 Å². The Labute approximate surface area is 179 Å². The maximum absolute atomic E-state index is 12.3. The van der Waals surface area contributed by atoms with Gasteiger partial charge >= 0.3 is 11.9 Å². The highest BCUT2D eigenvalue weighted by atomic mass is 32.1. The maximum atomic E-state index is 12.3. The molecule has 0 aliphatic carbocycles. The highest BCUT2D eigenvalue weighted by Gasteiger charge is 2.20. The number of thiophene rings is 2. The Morgan fingerprint density at radius 2 is 1.86 bits per heavy atom. The van der Waals surface area contributed by atoms with E-state index in [0.717, 1.165) is 21.9 Å². The van der Waals surface area contributed by atoms with Crippen molar-refractivity contribution in [3.63, 3.8) is 0 Å². The molecule has 0 saturated heterocycles. The molecule has 3 aromatic heterocycles. The maximum Gasteiger partial charge on any atom is 0.350 e. The van der Waals surface area contributed by atoms with Crippen LogP contribution >= 0.6 is 34.0 Å². The van der Waals surface area contributed by atoms with Crippen LogP contribution in [0.3, 0.4) is 0 Å². The molecule has 0 saturated carbocycles. The van der Waals surface area contributed by atoms with Gasteiger partial charge in [-0.15, -0.1) is 22.7 Å². The van der Waals surface area contributed by atoms with Gasteiger partial charge in [0.1, 0.15) is 14.8 Å².